The Balaban J connectivity index is 4.63. The lowest BCUT2D eigenvalue weighted by Crippen LogP contribution is -2.36. The highest BCUT2D eigenvalue weighted by molar-refractivity contribution is 4.84. The van der Waals surface area contributed by atoms with E-state index in [1.165, 1.54) is 0 Å². The van der Waals surface area contributed by atoms with Gasteiger partial charge in [-0.3, -0.25) is 20.2 Å². The molecule has 0 saturated carbocycles. The molecule has 7 heteroatoms. The molecule has 0 aromatic carbocycles. The highest BCUT2D eigenvalue weighted by Gasteiger charge is 2.56. The van der Waals surface area contributed by atoms with Crippen LogP contribution in [-0.4, -0.2) is 15.5 Å². The van der Waals surface area contributed by atoms with E-state index in [-0.39, 0.29) is 0 Å². The zero-order chi connectivity index (χ0) is 9.23. The summed E-state index contributed by atoms with van der Waals surface area (Å²) in [6, 6.07) is 0. The van der Waals surface area contributed by atoms with Crippen LogP contribution in [0, 0.1) is 26.4 Å². The summed E-state index contributed by atoms with van der Waals surface area (Å²) in [5.41, 5.74) is -2.52. The van der Waals surface area contributed by atoms with Crippen LogP contribution in [0.2, 0.25) is 0 Å². The van der Waals surface area contributed by atoms with Gasteiger partial charge in [0.1, 0.15) is 9.85 Å². The van der Waals surface area contributed by atoms with Crippen molar-refractivity contribution >= 4 is 0 Å². The number of nitrogens with zero attached hydrogens (tertiary/aromatic N) is 2. The Bertz CT molecular complexity index is 173. The molecule has 0 spiro atoms. The van der Waals surface area contributed by atoms with Gasteiger partial charge in [-0.05, 0) is 13.8 Å². The third-order valence-corrected chi connectivity index (χ3v) is 0.878. The third-order valence-electron chi connectivity index (χ3n) is 0.878. The Morgan fingerprint density at radius 2 is 1.55 bits per heavy atom. The monoisotopic (exact) mass is 165 g/mol. The van der Waals surface area contributed by atoms with Crippen LogP contribution >= 0.6 is 0 Å². The minimum atomic E-state index is -2.52. The van der Waals surface area contributed by atoms with E-state index >= 15 is 0 Å². The fraction of sp³-hybridized carbons (Fsp3) is 0.750. The second kappa shape index (κ2) is 2.77. The summed E-state index contributed by atoms with van der Waals surface area (Å²) in [7, 11) is 0. The molecule has 0 bridgehead atoms. The first-order valence-corrected chi connectivity index (χ1v) is 2.62. The molecule has 6 nitrogen and oxygen atoms in total. The summed E-state index contributed by atoms with van der Waals surface area (Å²) in [4.78, 5) is 17.1. The first-order chi connectivity index (χ1) is 4.76. The summed E-state index contributed by atoms with van der Waals surface area (Å²) in [6.45, 7) is 1.52. The first kappa shape index (κ1) is 9.73. The van der Waals surface area contributed by atoms with Crippen molar-refractivity contribution in [2.45, 2.75) is 19.5 Å². The number of halogens is 1. The molecule has 63 valence electrons. The second-order valence-electron chi connectivity index (χ2n) is 2.31. The van der Waals surface area contributed by atoms with E-state index in [2.05, 4.69) is 0 Å². The lowest BCUT2D eigenvalue weighted by molar-refractivity contribution is -0.684. The number of hydrogen-bond acceptors (Lipinski definition) is 4. The van der Waals surface area contributed by atoms with Crippen LogP contribution < -0.4 is 0 Å². The van der Waals surface area contributed by atoms with E-state index in [1.807, 2.05) is 0 Å². The van der Waals surface area contributed by atoms with Gasteiger partial charge in [-0.2, -0.15) is 0 Å². The average molecular weight is 165 g/mol. The summed E-state index contributed by atoms with van der Waals surface area (Å²) in [5, 5.41) is 19.7. The summed E-state index contributed by atoms with van der Waals surface area (Å²) >= 11 is 0. The maximum absolute atomic E-state index is 12.6. The van der Waals surface area contributed by atoms with Crippen molar-refractivity contribution in [1.82, 2.24) is 0 Å². The molecular formula is C4H6FN2O4. The molecule has 0 fully saturated rings. The van der Waals surface area contributed by atoms with E-state index < -0.39 is 21.7 Å². The molecule has 0 saturated heterocycles. The van der Waals surface area contributed by atoms with E-state index in [1.54, 1.807) is 0 Å². The van der Waals surface area contributed by atoms with Crippen molar-refractivity contribution in [3.63, 3.8) is 0 Å². The number of alkyl halides is 1. The van der Waals surface area contributed by atoms with Gasteiger partial charge in [-0.1, -0.05) is 0 Å². The van der Waals surface area contributed by atoms with Crippen LogP contribution in [-0.2, 0) is 0 Å². The minimum Gasteiger partial charge on any atom is -0.258 e. The molecule has 0 aromatic rings. The number of hydrogen-bond donors (Lipinski definition) is 0. The van der Waals surface area contributed by atoms with Gasteiger partial charge in [-0.15, -0.1) is 0 Å². The zero-order valence-electron chi connectivity index (χ0n) is 5.91. The van der Waals surface area contributed by atoms with E-state index in [0.717, 1.165) is 13.8 Å². The van der Waals surface area contributed by atoms with Gasteiger partial charge in [0.25, 0.3) is 5.67 Å². The highest BCUT2D eigenvalue weighted by Crippen LogP contribution is 2.23. The molecule has 11 heavy (non-hydrogen) atoms. The summed E-state index contributed by atoms with van der Waals surface area (Å²) < 4.78 is 12.6. The SMILES string of the molecule is CC(C)(F)[C]([N+](=O)[O-])[N+](=O)[O-]. The van der Waals surface area contributed by atoms with Crippen LogP contribution in [0.1, 0.15) is 13.8 Å². The molecule has 0 aromatic heterocycles. The minimum absolute atomic E-state index is 0.758. The topological polar surface area (TPSA) is 86.3 Å². The Hall–Kier alpha value is -1.27. The molecule has 0 heterocycles. The van der Waals surface area contributed by atoms with Crippen molar-refractivity contribution in [2.24, 2.45) is 0 Å². The Morgan fingerprint density at radius 1 is 1.27 bits per heavy atom. The molecule has 0 amide bonds. The van der Waals surface area contributed by atoms with E-state index in [9.17, 15) is 24.6 Å². The third kappa shape index (κ3) is 2.44. The quantitative estimate of drug-likeness (QED) is 0.456. The maximum atomic E-state index is 12.6. The van der Waals surface area contributed by atoms with Gasteiger partial charge in [0.15, 0.2) is 0 Å². The molecule has 0 atom stereocenters. The Kier molecular flexibility index (Phi) is 2.45. The van der Waals surface area contributed by atoms with E-state index in [4.69, 9.17) is 0 Å². The molecule has 1 radical (unpaired) electrons. The molecule has 0 aliphatic heterocycles. The smallest absolute Gasteiger partial charge is 0.258 e. The van der Waals surface area contributed by atoms with Crippen LogP contribution in [0.15, 0.2) is 0 Å². The number of nitro groups is 2. The van der Waals surface area contributed by atoms with Crippen LogP contribution in [0.4, 0.5) is 4.39 Å². The van der Waals surface area contributed by atoms with Gasteiger partial charge in [-0.25, -0.2) is 4.39 Å². The molecule has 0 unspecified atom stereocenters. The van der Waals surface area contributed by atoms with E-state index in [0.29, 0.717) is 0 Å². The van der Waals surface area contributed by atoms with Gasteiger partial charge in [0, 0.05) is 0 Å². The van der Waals surface area contributed by atoms with Crippen molar-refractivity contribution in [3.05, 3.63) is 26.4 Å². The van der Waals surface area contributed by atoms with Gasteiger partial charge in [0.2, 0.25) is 0 Å². The van der Waals surface area contributed by atoms with Gasteiger partial charge >= 0.3 is 6.17 Å². The molecular weight excluding hydrogens is 159 g/mol. The Labute approximate surface area is 61.3 Å². The van der Waals surface area contributed by atoms with Gasteiger partial charge in [0.05, 0.1) is 0 Å². The largest absolute Gasteiger partial charge is 0.630 e. The van der Waals surface area contributed by atoms with Crippen LogP contribution in [0.5, 0.6) is 0 Å². The number of rotatable bonds is 3. The van der Waals surface area contributed by atoms with Crippen LogP contribution in [0.25, 0.3) is 0 Å². The lowest BCUT2D eigenvalue weighted by atomic mass is 10.1. The molecule has 0 aliphatic rings. The molecule has 0 aliphatic carbocycles. The summed E-state index contributed by atoms with van der Waals surface area (Å²) in [6.07, 6.45) is -1.54. The molecule has 0 N–H and O–H groups in total. The predicted octanol–water partition coefficient (Wildman–Crippen LogP) is 0.777. The van der Waals surface area contributed by atoms with Crippen molar-refractivity contribution in [2.75, 3.05) is 0 Å². The van der Waals surface area contributed by atoms with Crippen LogP contribution in [0.3, 0.4) is 0 Å². The maximum Gasteiger partial charge on any atom is 0.630 e. The predicted molar refractivity (Wildman–Crippen MR) is 32.4 cm³/mol. The Morgan fingerprint density at radius 3 is 1.55 bits per heavy atom. The first-order valence-electron chi connectivity index (χ1n) is 2.62. The normalized spacial score (nSPS) is 11.6. The van der Waals surface area contributed by atoms with Crippen molar-refractivity contribution in [3.8, 4) is 0 Å². The zero-order valence-corrected chi connectivity index (χ0v) is 5.91. The van der Waals surface area contributed by atoms with Gasteiger partial charge < -0.3 is 0 Å². The fourth-order valence-corrected chi connectivity index (χ4v) is 0.501. The molecule has 0 rings (SSSR count). The standard InChI is InChI=1S/C4H6FN2O4/c1-4(2,5)3(6(8)9)7(10)11/h1-2H3. The summed E-state index contributed by atoms with van der Waals surface area (Å²) in [5.74, 6) is 0. The lowest BCUT2D eigenvalue weighted by Gasteiger charge is -2.07. The second-order valence-corrected chi connectivity index (χ2v) is 2.31. The highest BCUT2D eigenvalue weighted by atomic mass is 19.1. The fourth-order valence-electron chi connectivity index (χ4n) is 0.501. The average Bonchev–Trinajstić information content (AvgIpc) is 1.54. The van der Waals surface area contributed by atoms with Crippen molar-refractivity contribution in [1.29, 1.82) is 0 Å². The van der Waals surface area contributed by atoms with Crippen molar-refractivity contribution < 1.29 is 14.2 Å².